The maximum absolute atomic E-state index is 11.4. The van der Waals surface area contributed by atoms with E-state index in [1.807, 2.05) is 6.07 Å². The highest BCUT2D eigenvalue weighted by molar-refractivity contribution is 5.53. The third kappa shape index (κ3) is 10.1. The zero-order valence-electron chi connectivity index (χ0n) is 18.9. The van der Waals surface area contributed by atoms with Crippen molar-refractivity contribution in [1.82, 2.24) is 0 Å². The van der Waals surface area contributed by atoms with Crippen LogP contribution in [-0.2, 0) is 11.2 Å². The first-order valence-electron chi connectivity index (χ1n) is 11.0. The number of pyridine rings is 1. The number of hydrogen-bond acceptors (Lipinski definition) is 6. The predicted octanol–water partition coefficient (Wildman–Crippen LogP) is 2.38. The van der Waals surface area contributed by atoms with Crippen LogP contribution in [0.25, 0.3) is 16.1 Å². The Morgan fingerprint density at radius 2 is 1.68 bits per heavy atom. The summed E-state index contributed by atoms with van der Waals surface area (Å²) in [6, 6.07) is 7.37. The summed E-state index contributed by atoms with van der Waals surface area (Å²) in [4.78, 5) is 23.8. The number of nitro benzene ring substituents is 2. The molecule has 0 amide bonds. The molecule has 0 unspecified atom stereocenters. The number of nitro groups is 2. The highest BCUT2D eigenvalue weighted by Crippen LogP contribution is 2.24. The molecule has 184 valence electrons. The molecular formula is C22H29ClN6O5. The molecule has 0 spiro atoms. The number of halogens is 1. The van der Waals surface area contributed by atoms with Gasteiger partial charge in [-0.3, -0.25) is 20.2 Å². The van der Waals surface area contributed by atoms with Gasteiger partial charge < -0.3 is 17.1 Å². The van der Waals surface area contributed by atoms with Crippen LogP contribution in [0, 0.1) is 20.2 Å². The van der Waals surface area contributed by atoms with Gasteiger partial charge in [-0.2, -0.15) is 4.57 Å². The number of ether oxygens (including phenoxy) is 1. The van der Waals surface area contributed by atoms with Gasteiger partial charge in [-0.15, -0.1) is 0 Å². The minimum absolute atomic E-state index is 0. The topological polar surface area (TPSA) is 148 Å². The smallest absolute Gasteiger partial charge is 0.347 e. The number of hydrogen-bond donors (Lipinski definition) is 0. The Morgan fingerprint density at radius 1 is 0.971 bits per heavy atom. The fourth-order valence-electron chi connectivity index (χ4n) is 3.43. The van der Waals surface area contributed by atoms with Crippen LogP contribution in [0.5, 0.6) is 0 Å². The van der Waals surface area contributed by atoms with Gasteiger partial charge in [-0.25, -0.2) is 0 Å². The Bertz CT molecular complexity index is 984. The number of benzene rings is 1. The van der Waals surface area contributed by atoms with Crippen molar-refractivity contribution in [2.45, 2.75) is 51.4 Å². The van der Waals surface area contributed by atoms with Gasteiger partial charge >= 0.3 is 5.69 Å². The van der Waals surface area contributed by atoms with Crippen LogP contribution in [0.3, 0.4) is 0 Å². The van der Waals surface area contributed by atoms with E-state index in [1.54, 1.807) is 23.0 Å². The largest absolute Gasteiger partial charge is 1.00 e. The fraction of sp³-hybridized carbons (Fsp3) is 0.500. The maximum atomic E-state index is 11.4. The quantitative estimate of drug-likeness (QED) is 0.0670. The summed E-state index contributed by atoms with van der Waals surface area (Å²) in [5.74, 6) is 0. The van der Waals surface area contributed by atoms with Crippen LogP contribution in [0.15, 0.2) is 47.8 Å². The summed E-state index contributed by atoms with van der Waals surface area (Å²) in [6.07, 6.45) is 11.5. The van der Waals surface area contributed by atoms with E-state index in [9.17, 15) is 20.2 Å². The van der Waals surface area contributed by atoms with Gasteiger partial charge in [0.2, 0.25) is 0 Å². The molecule has 0 N–H and O–H groups in total. The number of aromatic nitrogens is 1. The third-order valence-electron chi connectivity index (χ3n) is 5.12. The molecule has 0 saturated heterocycles. The van der Waals surface area contributed by atoms with Crippen LogP contribution in [-0.4, -0.2) is 29.6 Å². The third-order valence-corrected chi connectivity index (χ3v) is 5.12. The second-order valence-corrected chi connectivity index (χ2v) is 7.60. The average molecular weight is 493 g/mol. The van der Waals surface area contributed by atoms with Gasteiger partial charge in [0.15, 0.2) is 12.4 Å². The fourth-order valence-corrected chi connectivity index (χ4v) is 3.43. The van der Waals surface area contributed by atoms with Crippen LogP contribution >= 0.6 is 0 Å². The molecule has 0 aliphatic rings. The lowest BCUT2D eigenvalue weighted by atomic mass is 10.1. The number of rotatable bonds is 16. The summed E-state index contributed by atoms with van der Waals surface area (Å²) in [7, 11) is 0. The Labute approximate surface area is 204 Å². The molecular weight excluding hydrogens is 464 g/mol. The molecule has 0 fully saturated rings. The van der Waals surface area contributed by atoms with E-state index in [4.69, 9.17) is 10.3 Å². The van der Waals surface area contributed by atoms with Crippen LogP contribution in [0.1, 0.15) is 50.5 Å². The van der Waals surface area contributed by atoms with Crippen molar-refractivity contribution >= 4 is 11.4 Å². The molecule has 0 bridgehead atoms. The zero-order valence-corrected chi connectivity index (χ0v) is 19.7. The first kappa shape index (κ1) is 28.8. The first-order valence-corrected chi connectivity index (χ1v) is 11.0. The van der Waals surface area contributed by atoms with Crippen LogP contribution < -0.4 is 17.0 Å². The van der Waals surface area contributed by atoms with Gasteiger partial charge in [-0.1, -0.05) is 30.8 Å². The van der Waals surface area contributed by atoms with Crippen molar-refractivity contribution in [3.63, 3.8) is 0 Å². The zero-order chi connectivity index (χ0) is 23.9. The lowest BCUT2D eigenvalue weighted by molar-refractivity contribution is -0.601. The van der Waals surface area contributed by atoms with E-state index in [2.05, 4.69) is 10.0 Å². The molecule has 12 heteroatoms. The molecule has 2 aromatic rings. The normalized spacial score (nSPS) is 10.2. The average Bonchev–Trinajstić information content (AvgIpc) is 2.81. The maximum Gasteiger partial charge on any atom is 0.347 e. The van der Waals surface area contributed by atoms with E-state index >= 15 is 0 Å². The number of azide groups is 1. The van der Waals surface area contributed by atoms with Crippen molar-refractivity contribution in [2.75, 3.05) is 19.8 Å². The van der Waals surface area contributed by atoms with E-state index in [0.29, 0.717) is 13.2 Å². The Kier molecular flexibility index (Phi) is 13.8. The number of aryl methyl sites for hydroxylation is 1. The van der Waals surface area contributed by atoms with Gasteiger partial charge in [0.25, 0.3) is 11.4 Å². The van der Waals surface area contributed by atoms with E-state index in [-0.39, 0.29) is 29.5 Å². The van der Waals surface area contributed by atoms with Crippen molar-refractivity contribution in [1.29, 1.82) is 0 Å². The van der Waals surface area contributed by atoms with E-state index in [1.165, 1.54) is 12.1 Å². The number of non-ortho nitro benzene ring substituents is 1. The van der Waals surface area contributed by atoms with Gasteiger partial charge in [0, 0.05) is 48.4 Å². The van der Waals surface area contributed by atoms with Crippen LogP contribution in [0.4, 0.5) is 11.4 Å². The summed E-state index contributed by atoms with van der Waals surface area (Å²) >= 11 is 0. The van der Waals surface area contributed by atoms with Crippen molar-refractivity contribution in [3.05, 3.63) is 79.0 Å². The lowest BCUT2D eigenvalue weighted by Gasteiger charge is -2.05. The molecule has 1 heterocycles. The second-order valence-electron chi connectivity index (χ2n) is 7.60. The molecule has 11 nitrogen and oxygen atoms in total. The van der Waals surface area contributed by atoms with Crippen molar-refractivity contribution in [3.8, 4) is 5.69 Å². The Balaban J connectivity index is 0.00000578. The molecule has 0 aliphatic carbocycles. The monoisotopic (exact) mass is 492 g/mol. The number of nitrogens with zero attached hydrogens (tertiary/aromatic N) is 6. The summed E-state index contributed by atoms with van der Waals surface area (Å²) in [5, 5.41) is 25.9. The van der Waals surface area contributed by atoms with Gasteiger partial charge in [0.05, 0.1) is 9.85 Å². The minimum atomic E-state index is -0.646. The second kappa shape index (κ2) is 16.4. The molecule has 34 heavy (non-hydrogen) atoms. The van der Waals surface area contributed by atoms with E-state index < -0.39 is 9.85 Å². The molecule has 0 saturated carbocycles. The molecule has 0 aliphatic heterocycles. The standard InChI is InChI=1S/C22H29N6O5.ClH/c23-25-24-13-5-3-1-2-4-6-15-33-16-8-10-19-9-7-14-26(18-19)21-12-11-20(27(29)30)17-22(21)28(31)32;/h7,9,11-12,14,17-18H,1-6,8,10,13,15-16H2;1H/q+1;/p-1. The number of unbranched alkanes of at least 4 members (excludes halogenated alkanes) is 5. The summed E-state index contributed by atoms with van der Waals surface area (Å²) in [5.41, 5.74) is 8.85. The molecule has 2 rings (SSSR count). The predicted molar refractivity (Wildman–Crippen MR) is 122 cm³/mol. The minimum Gasteiger partial charge on any atom is -1.00 e. The molecule has 0 radical (unpaired) electrons. The highest BCUT2D eigenvalue weighted by atomic mass is 35.5. The lowest BCUT2D eigenvalue weighted by Crippen LogP contribution is -3.00. The molecule has 1 aromatic heterocycles. The van der Waals surface area contributed by atoms with Crippen LogP contribution in [0.2, 0.25) is 0 Å². The Hall–Kier alpha value is -3.27. The van der Waals surface area contributed by atoms with Gasteiger partial charge in [0.1, 0.15) is 6.07 Å². The van der Waals surface area contributed by atoms with Crippen molar-refractivity contribution < 1.29 is 31.6 Å². The highest BCUT2D eigenvalue weighted by Gasteiger charge is 2.26. The summed E-state index contributed by atoms with van der Waals surface area (Å²) < 4.78 is 7.32. The SMILES string of the molecule is [Cl-].[N-]=[N+]=NCCCCCCCCOCCCc1ccc[n+](-c2ccc([N+](=O)[O-])cc2[N+](=O)[O-])c1. The molecule has 1 aromatic carbocycles. The van der Waals surface area contributed by atoms with Gasteiger partial charge in [-0.05, 0) is 37.3 Å². The van der Waals surface area contributed by atoms with Crippen molar-refractivity contribution in [2.24, 2.45) is 5.11 Å². The Morgan fingerprint density at radius 3 is 2.38 bits per heavy atom. The summed E-state index contributed by atoms with van der Waals surface area (Å²) in [6.45, 7) is 1.94. The van der Waals surface area contributed by atoms with E-state index in [0.717, 1.165) is 69.6 Å². The first-order chi connectivity index (χ1) is 16.0. The molecule has 0 atom stereocenters.